The van der Waals surface area contributed by atoms with Crippen LogP contribution in [-0.4, -0.2) is 17.6 Å². The van der Waals surface area contributed by atoms with Gasteiger partial charge in [-0.05, 0) is 30.9 Å². The van der Waals surface area contributed by atoms with Crippen molar-refractivity contribution >= 4 is 5.84 Å². The molecule has 0 saturated heterocycles. The zero-order valence-electron chi connectivity index (χ0n) is 10.4. The summed E-state index contributed by atoms with van der Waals surface area (Å²) in [6.07, 6.45) is 1.26. The number of nitrogens with zero attached hydrogens (tertiary/aromatic N) is 1. The van der Waals surface area contributed by atoms with Crippen LogP contribution in [-0.2, 0) is 6.54 Å². The maximum Gasteiger partial charge on any atom is 0.170 e. The highest BCUT2D eigenvalue weighted by molar-refractivity contribution is 5.97. The first kappa shape index (κ1) is 12.8. The first-order valence-corrected chi connectivity index (χ1v) is 6.09. The summed E-state index contributed by atoms with van der Waals surface area (Å²) < 4.78 is 13.7. The number of hydrogen-bond acceptors (Lipinski definition) is 3. The van der Waals surface area contributed by atoms with Gasteiger partial charge in [0.05, 0.1) is 0 Å². The van der Waals surface area contributed by atoms with Gasteiger partial charge in [-0.25, -0.2) is 4.39 Å². The number of hydrogen-bond donors (Lipinski definition) is 3. The molecule has 1 aliphatic rings. The molecule has 1 aromatic carbocycles. The van der Waals surface area contributed by atoms with Crippen LogP contribution in [0.25, 0.3) is 0 Å². The summed E-state index contributed by atoms with van der Waals surface area (Å²) in [7, 11) is 0. The molecule has 0 aliphatic heterocycles. The SMILES string of the molecule is CC1CC1CNCc1ccc(/C(N)=N/O)cc1F. The Bertz CT molecular complexity index is 462. The van der Waals surface area contributed by atoms with Crippen LogP contribution in [0.15, 0.2) is 23.4 Å². The van der Waals surface area contributed by atoms with E-state index < -0.39 is 0 Å². The number of oxime groups is 1. The van der Waals surface area contributed by atoms with Gasteiger partial charge in [-0.3, -0.25) is 0 Å². The lowest BCUT2D eigenvalue weighted by Crippen LogP contribution is -2.18. The number of halogens is 1. The van der Waals surface area contributed by atoms with Gasteiger partial charge in [0, 0.05) is 17.7 Å². The molecule has 2 unspecified atom stereocenters. The molecule has 18 heavy (non-hydrogen) atoms. The van der Waals surface area contributed by atoms with Gasteiger partial charge >= 0.3 is 0 Å². The van der Waals surface area contributed by atoms with Crippen molar-refractivity contribution in [2.45, 2.75) is 19.9 Å². The van der Waals surface area contributed by atoms with Crippen molar-refractivity contribution in [3.8, 4) is 0 Å². The molecule has 0 heterocycles. The second-order valence-corrected chi connectivity index (χ2v) is 4.90. The van der Waals surface area contributed by atoms with E-state index in [-0.39, 0.29) is 11.7 Å². The molecule has 1 fully saturated rings. The molecular weight excluding hydrogens is 233 g/mol. The lowest BCUT2D eigenvalue weighted by atomic mass is 10.1. The molecule has 5 heteroatoms. The molecule has 1 saturated carbocycles. The molecule has 2 atom stereocenters. The Kier molecular flexibility index (Phi) is 3.81. The van der Waals surface area contributed by atoms with E-state index in [0.717, 1.165) is 18.4 Å². The van der Waals surface area contributed by atoms with E-state index >= 15 is 0 Å². The van der Waals surface area contributed by atoms with Crippen molar-refractivity contribution in [2.75, 3.05) is 6.54 Å². The number of benzene rings is 1. The predicted molar refractivity (Wildman–Crippen MR) is 67.9 cm³/mol. The maximum atomic E-state index is 13.7. The summed E-state index contributed by atoms with van der Waals surface area (Å²) in [6, 6.07) is 4.59. The van der Waals surface area contributed by atoms with Crippen LogP contribution in [0.3, 0.4) is 0 Å². The fourth-order valence-corrected chi connectivity index (χ4v) is 1.98. The third kappa shape index (κ3) is 2.98. The Hall–Kier alpha value is -1.62. The van der Waals surface area contributed by atoms with Crippen LogP contribution in [0.5, 0.6) is 0 Å². The summed E-state index contributed by atoms with van der Waals surface area (Å²) in [6.45, 7) is 3.66. The smallest absolute Gasteiger partial charge is 0.170 e. The molecule has 0 aromatic heterocycles. The molecule has 2 rings (SSSR count). The van der Waals surface area contributed by atoms with Gasteiger partial charge in [0.1, 0.15) is 5.82 Å². The monoisotopic (exact) mass is 251 g/mol. The van der Waals surface area contributed by atoms with Gasteiger partial charge in [-0.2, -0.15) is 0 Å². The Labute approximate surface area is 106 Å². The average Bonchev–Trinajstić information content (AvgIpc) is 3.06. The van der Waals surface area contributed by atoms with E-state index in [4.69, 9.17) is 10.9 Å². The Morgan fingerprint density at radius 2 is 2.33 bits per heavy atom. The molecule has 1 aliphatic carbocycles. The maximum absolute atomic E-state index is 13.7. The lowest BCUT2D eigenvalue weighted by molar-refractivity contribution is 0.318. The number of amidine groups is 1. The molecule has 98 valence electrons. The van der Waals surface area contributed by atoms with Crippen LogP contribution in [0, 0.1) is 17.7 Å². The van der Waals surface area contributed by atoms with E-state index in [1.54, 1.807) is 12.1 Å². The fraction of sp³-hybridized carbons (Fsp3) is 0.462. The number of nitrogens with one attached hydrogen (secondary N) is 1. The van der Waals surface area contributed by atoms with Gasteiger partial charge in [0.2, 0.25) is 0 Å². The molecular formula is C13H18FN3O. The van der Waals surface area contributed by atoms with Crippen LogP contribution in [0.4, 0.5) is 4.39 Å². The molecule has 0 spiro atoms. The molecule has 0 radical (unpaired) electrons. The quantitative estimate of drug-likeness (QED) is 0.322. The highest BCUT2D eigenvalue weighted by Gasteiger charge is 2.31. The van der Waals surface area contributed by atoms with Crippen LogP contribution < -0.4 is 11.1 Å². The minimum absolute atomic E-state index is 0.0831. The molecule has 1 aromatic rings. The third-order valence-corrected chi connectivity index (χ3v) is 3.45. The number of rotatable bonds is 5. The first-order chi connectivity index (χ1) is 8.61. The van der Waals surface area contributed by atoms with Crippen molar-refractivity contribution in [1.82, 2.24) is 5.32 Å². The summed E-state index contributed by atoms with van der Waals surface area (Å²) in [5.41, 5.74) is 6.37. The Morgan fingerprint density at radius 1 is 1.61 bits per heavy atom. The van der Waals surface area contributed by atoms with Crippen molar-refractivity contribution in [3.05, 3.63) is 35.1 Å². The van der Waals surface area contributed by atoms with E-state index in [1.165, 1.54) is 12.5 Å². The Balaban J connectivity index is 1.92. The fourth-order valence-electron chi connectivity index (χ4n) is 1.98. The topological polar surface area (TPSA) is 70.6 Å². The molecule has 0 amide bonds. The zero-order chi connectivity index (χ0) is 13.1. The highest BCUT2D eigenvalue weighted by Crippen LogP contribution is 2.36. The second-order valence-electron chi connectivity index (χ2n) is 4.90. The van der Waals surface area contributed by atoms with E-state index in [9.17, 15) is 4.39 Å². The lowest BCUT2D eigenvalue weighted by Gasteiger charge is -2.07. The summed E-state index contributed by atoms with van der Waals surface area (Å²) in [4.78, 5) is 0. The van der Waals surface area contributed by atoms with Gasteiger partial charge in [0.25, 0.3) is 0 Å². The van der Waals surface area contributed by atoms with E-state index in [1.807, 2.05) is 0 Å². The van der Waals surface area contributed by atoms with Crippen LogP contribution >= 0.6 is 0 Å². The van der Waals surface area contributed by atoms with Crippen LogP contribution in [0.1, 0.15) is 24.5 Å². The largest absolute Gasteiger partial charge is 0.409 e. The van der Waals surface area contributed by atoms with Gasteiger partial charge in [0.15, 0.2) is 5.84 Å². The molecule has 0 bridgehead atoms. The molecule has 4 nitrogen and oxygen atoms in total. The van der Waals surface area contributed by atoms with Crippen molar-refractivity contribution < 1.29 is 9.60 Å². The van der Waals surface area contributed by atoms with Crippen molar-refractivity contribution in [2.24, 2.45) is 22.7 Å². The summed E-state index contributed by atoms with van der Waals surface area (Å²) in [5.74, 6) is 1.12. The number of nitrogens with two attached hydrogens (primary N) is 1. The standard InChI is InChI=1S/C13H18FN3O/c1-8-4-11(8)7-16-6-10-3-2-9(5-12(10)14)13(15)17-18/h2-3,5,8,11,16,18H,4,6-7H2,1H3,(H2,15,17). The zero-order valence-corrected chi connectivity index (χ0v) is 10.4. The van der Waals surface area contributed by atoms with Gasteiger partial charge < -0.3 is 16.3 Å². The van der Waals surface area contributed by atoms with Crippen molar-refractivity contribution in [3.63, 3.8) is 0 Å². The van der Waals surface area contributed by atoms with Gasteiger partial charge in [-0.1, -0.05) is 24.2 Å². The minimum Gasteiger partial charge on any atom is -0.409 e. The normalized spacial score (nSPS) is 23.1. The first-order valence-electron chi connectivity index (χ1n) is 6.09. The van der Waals surface area contributed by atoms with Crippen molar-refractivity contribution in [1.29, 1.82) is 0 Å². The van der Waals surface area contributed by atoms with E-state index in [0.29, 0.717) is 17.7 Å². The summed E-state index contributed by atoms with van der Waals surface area (Å²) >= 11 is 0. The van der Waals surface area contributed by atoms with Crippen LogP contribution in [0.2, 0.25) is 0 Å². The minimum atomic E-state index is -0.338. The second kappa shape index (κ2) is 5.35. The van der Waals surface area contributed by atoms with E-state index in [2.05, 4.69) is 17.4 Å². The molecule has 4 N–H and O–H groups in total. The average molecular weight is 251 g/mol. The summed E-state index contributed by atoms with van der Waals surface area (Å²) in [5, 5.41) is 14.6. The predicted octanol–water partition coefficient (Wildman–Crippen LogP) is 1.67. The van der Waals surface area contributed by atoms with Gasteiger partial charge in [-0.15, -0.1) is 0 Å². The highest BCUT2D eigenvalue weighted by atomic mass is 19.1. The Morgan fingerprint density at radius 3 is 2.89 bits per heavy atom. The third-order valence-electron chi connectivity index (χ3n) is 3.45.